The van der Waals surface area contributed by atoms with E-state index >= 15 is 0 Å². The van der Waals surface area contributed by atoms with Crippen LogP contribution in [0.15, 0.2) is 67.3 Å². The van der Waals surface area contributed by atoms with Crippen LogP contribution >= 0.6 is 0 Å². The Hall–Kier alpha value is -2.06. The van der Waals surface area contributed by atoms with Crippen molar-refractivity contribution in [2.75, 3.05) is 7.11 Å². The van der Waals surface area contributed by atoms with Crippen molar-refractivity contribution >= 4 is 0 Å². The molecule has 2 heteroatoms. The second-order valence-electron chi connectivity index (χ2n) is 5.46. The number of hydrogen-bond acceptors (Lipinski definition) is 2. The Labute approximate surface area is 126 Å². The molecule has 0 bridgehead atoms. The summed E-state index contributed by atoms with van der Waals surface area (Å²) in [4.78, 5) is 0. The first-order chi connectivity index (χ1) is 10.1. The summed E-state index contributed by atoms with van der Waals surface area (Å²) in [5, 5.41) is 10.8. The van der Waals surface area contributed by atoms with E-state index in [2.05, 4.69) is 6.58 Å². The molecule has 0 aliphatic heterocycles. The molecule has 2 aromatic carbocycles. The molecule has 0 aromatic heterocycles. The fraction of sp³-hybridized carbons (Fsp3) is 0.263. The van der Waals surface area contributed by atoms with Crippen molar-refractivity contribution in [1.29, 1.82) is 0 Å². The van der Waals surface area contributed by atoms with Crippen molar-refractivity contribution in [2.45, 2.75) is 24.9 Å². The van der Waals surface area contributed by atoms with E-state index in [0.29, 0.717) is 6.42 Å². The fourth-order valence-electron chi connectivity index (χ4n) is 2.55. The number of aliphatic hydroxyl groups is 1. The van der Waals surface area contributed by atoms with Crippen LogP contribution in [0.25, 0.3) is 0 Å². The molecule has 0 saturated heterocycles. The second kappa shape index (κ2) is 6.59. The average Bonchev–Trinajstić information content (AvgIpc) is 2.53. The molecule has 2 rings (SSSR count). The summed E-state index contributed by atoms with van der Waals surface area (Å²) in [7, 11) is 1.65. The normalized spacial score (nSPS) is 15.0. The maximum Gasteiger partial charge on any atom is 0.119 e. The van der Waals surface area contributed by atoms with Crippen molar-refractivity contribution in [3.63, 3.8) is 0 Å². The summed E-state index contributed by atoms with van der Waals surface area (Å²) in [5.41, 5.74) is 1.11. The van der Waals surface area contributed by atoms with Gasteiger partial charge in [0.2, 0.25) is 0 Å². The van der Waals surface area contributed by atoms with Gasteiger partial charge in [-0.1, -0.05) is 48.5 Å². The number of hydrogen-bond donors (Lipinski definition) is 1. The molecule has 2 aromatic rings. The lowest BCUT2D eigenvalue weighted by molar-refractivity contribution is 0.0440. The van der Waals surface area contributed by atoms with Gasteiger partial charge in [0, 0.05) is 5.92 Å². The minimum absolute atomic E-state index is 0.0651. The molecule has 0 saturated carbocycles. The minimum Gasteiger partial charge on any atom is -0.497 e. The Kier molecular flexibility index (Phi) is 4.81. The van der Waals surface area contributed by atoms with Crippen LogP contribution in [0.2, 0.25) is 0 Å². The van der Waals surface area contributed by atoms with E-state index < -0.39 is 5.60 Å². The predicted molar refractivity (Wildman–Crippen MR) is 86.6 cm³/mol. The highest BCUT2D eigenvalue weighted by atomic mass is 16.5. The molecule has 21 heavy (non-hydrogen) atoms. The third kappa shape index (κ3) is 3.73. The van der Waals surface area contributed by atoms with E-state index in [1.807, 2.05) is 67.6 Å². The molecule has 110 valence electrons. The quantitative estimate of drug-likeness (QED) is 0.802. The van der Waals surface area contributed by atoms with Crippen LogP contribution in [0.3, 0.4) is 0 Å². The first kappa shape index (κ1) is 15.3. The minimum atomic E-state index is -0.900. The predicted octanol–water partition coefficient (Wildman–Crippen LogP) is 4.26. The highest BCUT2D eigenvalue weighted by Crippen LogP contribution is 2.34. The van der Waals surface area contributed by atoms with E-state index in [4.69, 9.17) is 4.74 Å². The maximum absolute atomic E-state index is 10.8. The van der Waals surface area contributed by atoms with Crippen molar-refractivity contribution in [3.05, 3.63) is 78.4 Å². The first-order valence-electron chi connectivity index (χ1n) is 7.11. The first-order valence-corrected chi connectivity index (χ1v) is 7.11. The van der Waals surface area contributed by atoms with Gasteiger partial charge in [0.05, 0.1) is 12.7 Å². The largest absolute Gasteiger partial charge is 0.497 e. The number of rotatable bonds is 6. The molecule has 0 unspecified atom stereocenters. The van der Waals surface area contributed by atoms with Crippen molar-refractivity contribution < 1.29 is 9.84 Å². The van der Waals surface area contributed by atoms with Crippen molar-refractivity contribution in [2.24, 2.45) is 0 Å². The molecule has 1 N–H and O–H groups in total. The smallest absolute Gasteiger partial charge is 0.119 e. The molecule has 0 radical (unpaired) electrons. The second-order valence-corrected chi connectivity index (χ2v) is 5.46. The van der Waals surface area contributed by atoms with Crippen LogP contribution in [0.5, 0.6) is 5.75 Å². The standard InChI is InChI=1S/C19H22O2/c1-4-15(16-9-8-12-18(13-16)21-3)14-19(2,20)17-10-6-5-7-11-17/h4-13,15,20H,1,14H2,2-3H3/t15-,19-/m1/s1. The van der Waals surface area contributed by atoms with Gasteiger partial charge >= 0.3 is 0 Å². The van der Waals surface area contributed by atoms with E-state index in [0.717, 1.165) is 16.9 Å². The molecule has 0 fully saturated rings. The van der Waals surface area contributed by atoms with Gasteiger partial charge in [-0.25, -0.2) is 0 Å². The van der Waals surface area contributed by atoms with Gasteiger partial charge in [0.1, 0.15) is 5.75 Å². The molecular formula is C19H22O2. The molecule has 2 atom stereocenters. The van der Waals surface area contributed by atoms with Gasteiger partial charge in [-0.15, -0.1) is 6.58 Å². The number of allylic oxidation sites excluding steroid dienone is 1. The SMILES string of the molecule is C=C[C@H](C[C@@](C)(O)c1ccccc1)c1cccc(OC)c1. The molecular weight excluding hydrogens is 260 g/mol. The Morgan fingerprint density at radius 1 is 1.19 bits per heavy atom. The highest BCUT2D eigenvalue weighted by Gasteiger charge is 2.27. The van der Waals surface area contributed by atoms with Crippen LogP contribution in [0, 0.1) is 0 Å². The zero-order chi connectivity index (χ0) is 15.3. The number of benzene rings is 2. The summed E-state index contributed by atoms with van der Waals surface area (Å²) >= 11 is 0. The Bertz CT molecular complexity index is 588. The monoisotopic (exact) mass is 282 g/mol. The summed E-state index contributed by atoms with van der Waals surface area (Å²) in [6.07, 6.45) is 2.46. The zero-order valence-corrected chi connectivity index (χ0v) is 12.6. The zero-order valence-electron chi connectivity index (χ0n) is 12.6. The highest BCUT2D eigenvalue weighted by molar-refractivity contribution is 5.33. The molecule has 0 amide bonds. The lowest BCUT2D eigenvalue weighted by atomic mass is 9.83. The van der Waals surface area contributed by atoms with E-state index in [1.165, 1.54) is 0 Å². The van der Waals surface area contributed by atoms with Crippen LogP contribution in [0.4, 0.5) is 0 Å². The topological polar surface area (TPSA) is 29.5 Å². The van der Waals surface area contributed by atoms with Gasteiger partial charge < -0.3 is 9.84 Å². The van der Waals surface area contributed by atoms with E-state index in [-0.39, 0.29) is 5.92 Å². The van der Waals surface area contributed by atoms with Crippen LogP contribution < -0.4 is 4.74 Å². The van der Waals surface area contributed by atoms with Crippen LogP contribution in [-0.4, -0.2) is 12.2 Å². The summed E-state index contributed by atoms with van der Waals surface area (Å²) < 4.78 is 5.27. The average molecular weight is 282 g/mol. The Balaban J connectivity index is 2.24. The molecule has 2 nitrogen and oxygen atoms in total. The Morgan fingerprint density at radius 2 is 1.90 bits per heavy atom. The van der Waals surface area contributed by atoms with E-state index in [9.17, 15) is 5.11 Å². The summed E-state index contributed by atoms with van der Waals surface area (Å²) in [5.74, 6) is 0.883. The summed E-state index contributed by atoms with van der Waals surface area (Å²) in [6, 6.07) is 17.6. The third-order valence-corrected chi connectivity index (χ3v) is 3.82. The molecule has 0 aliphatic rings. The van der Waals surface area contributed by atoms with Crippen LogP contribution in [0.1, 0.15) is 30.4 Å². The molecule has 0 heterocycles. The summed E-state index contributed by atoms with van der Waals surface area (Å²) in [6.45, 7) is 5.77. The van der Waals surface area contributed by atoms with Gasteiger partial charge in [-0.3, -0.25) is 0 Å². The van der Waals surface area contributed by atoms with Crippen molar-refractivity contribution in [3.8, 4) is 5.75 Å². The lowest BCUT2D eigenvalue weighted by Gasteiger charge is -2.28. The van der Waals surface area contributed by atoms with Crippen molar-refractivity contribution in [1.82, 2.24) is 0 Å². The van der Waals surface area contributed by atoms with E-state index in [1.54, 1.807) is 7.11 Å². The molecule has 0 aliphatic carbocycles. The fourth-order valence-corrected chi connectivity index (χ4v) is 2.55. The van der Waals surface area contributed by atoms with Gasteiger partial charge in [0.25, 0.3) is 0 Å². The molecule has 0 spiro atoms. The maximum atomic E-state index is 10.8. The van der Waals surface area contributed by atoms with Gasteiger partial charge in [0.15, 0.2) is 0 Å². The van der Waals surface area contributed by atoms with Gasteiger partial charge in [-0.2, -0.15) is 0 Å². The van der Waals surface area contributed by atoms with Crippen LogP contribution in [-0.2, 0) is 5.60 Å². The Morgan fingerprint density at radius 3 is 2.52 bits per heavy atom. The lowest BCUT2D eigenvalue weighted by Crippen LogP contribution is -2.23. The van der Waals surface area contributed by atoms with Gasteiger partial charge in [-0.05, 0) is 36.6 Å². The third-order valence-electron chi connectivity index (χ3n) is 3.82. The number of ether oxygens (including phenoxy) is 1. The number of methoxy groups -OCH3 is 1.